The third-order valence-corrected chi connectivity index (χ3v) is 2.22. The van der Waals surface area contributed by atoms with Crippen LogP contribution in [0.2, 0.25) is 10.2 Å². The highest BCUT2D eigenvalue weighted by atomic mass is 35.5. The van der Waals surface area contributed by atoms with E-state index in [1.54, 1.807) is 6.92 Å². The van der Waals surface area contributed by atoms with Crippen LogP contribution in [-0.2, 0) is 0 Å². The third-order valence-electron chi connectivity index (χ3n) is 1.36. The lowest BCUT2D eigenvalue weighted by Crippen LogP contribution is -1.93. The molecule has 0 fully saturated rings. The molecule has 4 nitrogen and oxygen atoms in total. The van der Waals surface area contributed by atoms with E-state index in [0.29, 0.717) is 5.56 Å². The zero-order chi connectivity index (χ0) is 9.30. The van der Waals surface area contributed by atoms with Crippen LogP contribution in [0.1, 0.15) is 5.56 Å². The number of hydrogen-bond acceptors (Lipinski definition) is 3. The second-order valence-corrected chi connectivity index (χ2v) is 2.87. The Kier molecular flexibility index (Phi) is 2.49. The molecule has 0 aliphatic heterocycles. The molecule has 1 aromatic heterocycles. The molecule has 64 valence electrons. The topological polar surface area (TPSA) is 56.0 Å². The summed E-state index contributed by atoms with van der Waals surface area (Å²) >= 11 is 11.2. The van der Waals surface area contributed by atoms with Crippen molar-refractivity contribution in [3.8, 4) is 0 Å². The summed E-state index contributed by atoms with van der Waals surface area (Å²) in [4.78, 5) is 13.3. The van der Waals surface area contributed by atoms with Gasteiger partial charge in [0.15, 0.2) is 0 Å². The van der Waals surface area contributed by atoms with Gasteiger partial charge in [-0.3, -0.25) is 10.1 Å². The quantitative estimate of drug-likeness (QED) is 0.404. The van der Waals surface area contributed by atoms with E-state index in [4.69, 9.17) is 23.2 Å². The Labute approximate surface area is 78.3 Å². The van der Waals surface area contributed by atoms with Crippen LogP contribution in [0.15, 0.2) is 6.20 Å². The monoisotopic (exact) mass is 206 g/mol. The van der Waals surface area contributed by atoms with Crippen LogP contribution < -0.4 is 0 Å². The molecule has 0 amide bonds. The molecule has 0 bridgehead atoms. The predicted molar refractivity (Wildman–Crippen MR) is 45.6 cm³/mol. The van der Waals surface area contributed by atoms with Crippen molar-refractivity contribution in [2.75, 3.05) is 0 Å². The van der Waals surface area contributed by atoms with Crippen molar-refractivity contribution in [3.05, 3.63) is 32.1 Å². The maximum Gasteiger partial charge on any atom is 0.306 e. The summed E-state index contributed by atoms with van der Waals surface area (Å²) in [6.45, 7) is 1.57. The van der Waals surface area contributed by atoms with Gasteiger partial charge in [-0.25, -0.2) is 4.98 Å². The number of pyridine rings is 1. The normalized spacial score (nSPS) is 9.92. The highest BCUT2D eigenvalue weighted by Gasteiger charge is 2.16. The van der Waals surface area contributed by atoms with Crippen molar-refractivity contribution in [2.24, 2.45) is 0 Å². The summed E-state index contributed by atoms with van der Waals surface area (Å²) in [7, 11) is 0. The van der Waals surface area contributed by atoms with E-state index in [2.05, 4.69) is 4.98 Å². The van der Waals surface area contributed by atoms with Crippen LogP contribution in [0.3, 0.4) is 0 Å². The van der Waals surface area contributed by atoms with E-state index in [0.717, 1.165) is 6.20 Å². The average Bonchev–Trinajstić information content (AvgIpc) is 2.00. The maximum atomic E-state index is 10.3. The minimum atomic E-state index is -0.599. The summed E-state index contributed by atoms with van der Waals surface area (Å²) in [6, 6.07) is 0. The molecule has 0 unspecified atom stereocenters. The summed E-state index contributed by atoms with van der Waals surface area (Å²) < 4.78 is 0. The summed E-state index contributed by atoms with van der Waals surface area (Å²) in [5, 5.41) is 10.6. The molecular weight excluding hydrogens is 203 g/mol. The molecule has 0 saturated heterocycles. The first kappa shape index (κ1) is 9.22. The van der Waals surface area contributed by atoms with Crippen LogP contribution in [0.5, 0.6) is 0 Å². The van der Waals surface area contributed by atoms with Crippen LogP contribution in [0, 0.1) is 17.0 Å². The highest BCUT2D eigenvalue weighted by Crippen LogP contribution is 2.29. The van der Waals surface area contributed by atoms with Crippen molar-refractivity contribution in [1.82, 2.24) is 4.98 Å². The molecule has 0 spiro atoms. The lowest BCUT2D eigenvalue weighted by Gasteiger charge is -1.99. The van der Waals surface area contributed by atoms with Crippen LogP contribution in [-0.4, -0.2) is 9.91 Å². The Morgan fingerprint density at radius 3 is 2.67 bits per heavy atom. The fourth-order valence-electron chi connectivity index (χ4n) is 0.681. The molecule has 1 heterocycles. The maximum absolute atomic E-state index is 10.3. The van der Waals surface area contributed by atoms with Gasteiger partial charge < -0.3 is 0 Å². The lowest BCUT2D eigenvalue weighted by atomic mass is 10.3. The summed E-state index contributed by atoms with van der Waals surface area (Å²) in [5.74, 6) is 0. The molecule has 0 radical (unpaired) electrons. The Hall–Kier alpha value is -0.870. The van der Waals surface area contributed by atoms with E-state index >= 15 is 0 Å². The first-order chi connectivity index (χ1) is 5.54. The number of nitrogens with zero attached hydrogens (tertiary/aromatic N) is 2. The van der Waals surface area contributed by atoms with Crippen molar-refractivity contribution >= 4 is 28.9 Å². The van der Waals surface area contributed by atoms with E-state index in [1.807, 2.05) is 0 Å². The number of nitro groups is 1. The third kappa shape index (κ3) is 1.49. The molecular formula is C6H4Cl2N2O2. The SMILES string of the molecule is Cc1c(Cl)ncc([N+](=O)[O-])c1Cl. The minimum absolute atomic E-state index is 0.0417. The van der Waals surface area contributed by atoms with Gasteiger partial charge in [0.25, 0.3) is 0 Å². The van der Waals surface area contributed by atoms with Gasteiger partial charge >= 0.3 is 5.69 Å². The van der Waals surface area contributed by atoms with Gasteiger partial charge in [-0.15, -0.1) is 0 Å². The molecule has 0 aromatic carbocycles. The largest absolute Gasteiger partial charge is 0.306 e. The summed E-state index contributed by atoms with van der Waals surface area (Å²) in [5.41, 5.74) is 0.200. The van der Waals surface area contributed by atoms with Crippen molar-refractivity contribution < 1.29 is 4.92 Å². The smallest absolute Gasteiger partial charge is 0.258 e. The lowest BCUT2D eigenvalue weighted by molar-refractivity contribution is -0.385. The van der Waals surface area contributed by atoms with Crippen LogP contribution in [0.4, 0.5) is 5.69 Å². The average molecular weight is 207 g/mol. The number of rotatable bonds is 1. The Morgan fingerprint density at radius 2 is 2.17 bits per heavy atom. The fraction of sp³-hybridized carbons (Fsp3) is 0.167. The van der Waals surface area contributed by atoms with Gasteiger partial charge in [0, 0.05) is 5.56 Å². The Balaban J connectivity index is 3.36. The first-order valence-corrected chi connectivity index (χ1v) is 3.74. The van der Waals surface area contributed by atoms with E-state index in [-0.39, 0.29) is 15.9 Å². The van der Waals surface area contributed by atoms with E-state index in [1.165, 1.54) is 0 Å². The van der Waals surface area contributed by atoms with Gasteiger partial charge in [-0.05, 0) is 6.92 Å². The predicted octanol–water partition coefficient (Wildman–Crippen LogP) is 2.61. The van der Waals surface area contributed by atoms with Gasteiger partial charge in [0.2, 0.25) is 0 Å². The molecule has 0 atom stereocenters. The van der Waals surface area contributed by atoms with Crippen LogP contribution >= 0.6 is 23.2 Å². The van der Waals surface area contributed by atoms with Crippen molar-refractivity contribution in [2.45, 2.75) is 6.92 Å². The van der Waals surface area contributed by atoms with Gasteiger partial charge in [0.1, 0.15) is 16.4 Å². The highest BCUT2D eigenvalue weighted by molar-refractivity contribution is 6.36. The molecule has 0 saturated carbocycles. The fourth-order valence-corrected chi connectivity index (χ4v) is 1.08. The van der Waals surface area contributed by atoms with Gasteiger partial charge in [-0.1, -0.05) is 23.2 Å². The Morgan fingerprint density at radius 1 is 1.58 bits per heavy atom. The number of halogens is 2. The molecule has 1 aromatic rings. The summed E-state index contributed by atoms with van der Waals surface area (Å²) in [6.07, 6.45) is 1.04. The van der Waals surface area contributed by atoms with E-state index < -0.39 is 4.92 Å². The molecule has 0 aliphatic carbocycles. The molecule has 0 N–H and O–H groups in total. The van der Waals surface area contributed by atoms with E-state index in [9.17, 15) is 10.1 Å². The second-order valence-electron chi connectivity index (χ2n) is 2.13. The van der Waals surface area contributed by atoms with Gasteiger partial charge in [0.05, 0.1) is 4.92 Å². The van der Waals surface area contributed by atoms with Crippen LogP contribution in [0.25, 0.3) is 0 Å². The molecule has 1 rings (SSSR count). The zero-order valence-electron chi connectivity index (χ0n) is 6.04. The standard InChI is InChI=1S/C6H4Cl2N2O2/c1-3-5(7)4(10(11)12)2-9-6(3)8/h2H,1H3. The Bertz CT molecular complexity index is 341. The van der Waals surface area contributed by atoms with Gasteiger partial charge in [-0.2, -0.15) is 0 Å². The molecule has 6 heteroatoms. The second kappa shape index (κ2) is 3.25. The minimum Gasteiger partial charge on any atom is -0.258 e. The molecule has 12 heavy (non-hydrogen) atoms. The zero-order valence-corrected chi connectivity index (χ0v) is 7.56. The molecule has 0 aliphatic rings. The van der Waals surface area contributed by atoms with Crippen molar-refractivity contribution in [1.29, 1.82) is 0 Å². The first-order valence-electron chi connectivity index (χ1n) is 2.99. The van der Waals surface area contributed by atoms with Crippen molar-refractivity contribution in [3.63, 3.8) is 0 Å². The number of hydrogen-bond donors (Lipinski definition) is 0. The number of aromatic nitrogens is 1.